The Morgan fingerprint density at radius 3 is 2.62 bits per heavy atom. The third-order valence-electron chi connectivity index (χ3n) is 3.28. The second-order valence-corrected chi connectivity index (χ2v) is 6.59. The molecule has 1 heterocycles. The van der Waals surface area contributed by atoms with Gasteiger partial charge in [-0.15, -0.1) is 0 Å². The zero-order valence-electron chi connectivity index (χ0n) is 13.2. The molecule has 21 heavy (non-hydrogen) atoms. The molecule has 0 bridgehead atoms. The molecule has 0 spiro atoms. The average molecular weight is 292 g/mol. The Morgan fingerprint density at radius 2 is 2.05 bits per heavy atom. The first-order chi connectivity index (χ1) is 9.74. The number of nitrogens with zero attached hydrogens (tertiary/aromatic N) is 1. The summed E-state index contributed by atoms with van der Waals surface area (Å²) in [5, 5.41) is 0. The molecule has 0 radical (unpaired) electrons. The van der Waals surface area contributed by atoms with Gasteiger partial charge in [0.2, 0.25) is 0 Å². The first-order valence-electron chi connectivity index (χ1n) is 7.21. The van der Waals surface area contributed by atoms with E-state index in [9.17, 15) is 4.79 Å². The summed E-state index contributed by atoms with van der Waals surface area (Å²) in [6.45, 7) is 9.55. The molecule has 1 saturated heterocycles. The number of carbonyl (C=O) groups excluding carboxylic acids is 1. The molecular weight excluding hydrogens is 268 g/mol. The Bertz CT molecular complexity index is 517. The summed E-state index contributed by atoms with van der Waals surface area (Å²) < 4.78 is 11.1. The zero-order chi connectivity index (χ0) is 15.6. The minimum atomic E-state index is -0.445. The van der Waals surface area contributed by atoms with Crippen LogP contribution in [0, 0.1) is 12.8 Å². The Kier molecular flexibility index (Phi) is 4.30. The summed E-state index contributed by atoms with van der Waals surface area (Å²) in [4.78, 5) is 13.5. The van der Waals surface area contributed by atoms with Crippen LogP contribution in [0.5, 0.6) is 5.75 Å². The molecule has 2 rings (SSSR count). The van der Waals surface area contributed by atoms with Crippen LogP contribution in [0.15, 0.2) is 18.2 Å². The maximum Gasteiger partial charge on any atom is 0.410 e. The minimum absolute atomic E-state index is 0.248. The highest BCUT2D eigenvalue weighted by molar-refractivity contribution is 5.69. The normalized spacial score (nSPS) is 15.5. The van der Waals surface area contributed by atoms with E-state index in [-0.39, 0.29) is 6.09 Å². The van der Waals surface area contributed by atoms with Crippen molar-refractivity contribution in [2.24, 2.45) is 5.92 Å². The number of aryl methyl sites for hydroxylation is 1. The van der Waals surface area contributed by atoms with Crippen LogP contribution in [0.25, 0.3) is 0 Å². The molecule has 0 aliphatic carbocycles. The molecule has 0 aromatic heterocycles. The number of nitrogens with two attached hydrogens (primary N) is 1. The van der Waals surface area contributed by atoms with E-state index in [1.807, 2.05) is 45.9 Å². The molecule has 1 aromatic carbocycles. The van der Waals surface area contributed by atoms with Gasteiger partial charge in [0.05, 0.1) is 6.61 Å². The summed E-state index contributed by atoms with van der Waals surface area (Å²) in [6, 6.07) is 5.61. The molecule has 0 unspecified atom stereocenters. The second-order valence-electron chi connectivity index (χ2n) is 6.59. The van der Waals surface area contributed by atoms with Crippen LogP contribution in [-0.2, 0) is 4.74 Å². The van der Waals surface area contributed by atoms with Crippen molar-refractivity contribution in [1.29, 1.82) is 0 Å². The number of anilines is 1. The molecular formula is C16H24N2O3. The van der Waals surface area contributed by atoms with Crippen LogP contribution < -0.4 is 10.5 Å². The van der Waals surface area contributed by atoms with Gasteiger partial charge in [-0.2, -0.15) is 0 Å². The van der Waals surface area contributed by atoms with Crippen molar-refractivity contribution < 1.29 is 14.3 Å². The van der Waals surface area contributed by atoms with Gasteiger partial charge in [0.1, 0.15) is 11.4 Å². The van der Waals surface area contributed by atoms with Crippen LogP contribution in [0.1, 0.15) is 26.3 Å². The lowest BCUT2D eigenvalue weighted by Gasteiger charge is -2.39. The maximum atomic E-state index is 11.8. The molecule has 1 amide bonds. The van der Waals surface area contributed by atoms with Gasteiger partial charge in [0.25, 0.3) is 0 Å². The van der Waals surface area contributed by atoms with Crippen molar-refractivity contribution in [2.45, 2.75) is 33.3 Å². The fraction of sp³-hybridized carbons (Fsp3) is 0.562. The zero-order valence-corrected chi connectivity index (χ0v) is 13.2. The smallest absolute Gasteiger partial charge is 0.410 e. The summed E-state index contributed by atoms with van der Waals surface area (Å²) in [6.07, 6.45) is -0.248. The Balaban J connectivity index is 1.75. The number of ether oxygens (including phenoxy) is 2. The Morgan fingerprint density at radius 1 is 1.38 bits per heavy atom. The summed E-state index contributed by atoms with van der Waals surface area (Å²) in [7, 11) is 0. The lowest BCUT2D eigenvalue weighted by Crippen LogP contribution is -2.53. The van der Waals surface area contributed by atoms with Gasteiger partial charge < -0.3 is 20.1 Å². The molecule has 2 N–H and O–H groups in total. The van der Waals surface area contributed by atoms with Gasteiger partial charge in [0.15, 0.2) is 0 Å². The predicted molar refractivity (Wildman–Crippen MR) is 82.4 cm³/mol. The SMILES string of the molecule is Cc1cc(N)ccc1OCC1CN(C(=O)OC(C)(C)C)C1. The third-order valence-corrected chi connectivity index (χ3v) is 3.28. The summed E-state index contributed by atoms with van der Waals surface area (Å²) >= 11 is 0. The van der Waals surface area contributed by atoms with Crippen LogP contribution in [0.4, 0.5) is 10.5 Å². The van der Waals surface area contributed by atoms with Gasteiger partial charge in [-0.1, -0.05) is 0 Å². The van der Waals surface area contributed by atoms with Crippen molar-refractivity contribution in [2.75, 3.05) is 25.4 Å². The standard InChI is InChI=1S/C16H24N2O3/c1-11-7-13(17)5-6-14(11)20-10-12-8-18(9-12)15(19)21-16(2,3)4/h5-7,12H,8-10,17H2,1-4H3. The molecule has 1 aliphatic rings. The third kappa shape index (κ3) is 4.28. The van der Waals surface area contributed by atoms with Gasteiger partial charge in [-0.25, -0.2) is 4.79 Å². The highest BCUT2D eigenvalue weighted by atomic mass is 16.6. The second kappa shape index (κ2) is 5.84. The van der Waals surface area contributed by atoms with E-state index in [2.05, 4.69) is 0 Å². The maximum absolute atomic E-state index is 11.8. The van der Waals surface area contributed by atoms with Gasteiger partial charge in [-0.05, 0) is 51.5 Å². The first-order valence-corrected chi connectivity index (χ1v) is 7.21. The number of benzene rings is 1. The number of nitrogen functional groups attached to an aromatic ring is 1. The summed E-state index contributed by atoms with van der Waals surface area (Å²) in [5.41, 5.74) is 7.03. The number of likely N-dealkylation sites (tertiary alicyclic amines) is 1. The van der Waals surface area contributed by atoms with Crippen LogP contribution in [0.2, 0.25) is 0 Å². The molecule has 5 nitrogen and oxygen atoms in total. The van der Waals surface area contributed by atoms with Crippen molar-refractivity contribution in [3.05, 3.63) is 23.8 Å². The van der Waals surface area contributed by atoms with Crippen LogP contribution in [-0.4, -0.2) is 36.3 Å². The molecule has 1 aromatic rings. The van der Waals surface area contributed by atoms with E-state index in [1.165, 1.54) is 0 Å². The molecule has 0 atom stereocenters. The first kappa shape index (κ1) is 15.5. The minimum Gasteiger partial charge on any atom is -0.493 e. The van der Waals surface area contributed by atoms with Gasteiger partial charge >= 0.3 is 6.09 Å². The van der Waals surface area contributed by atoms with E-state index in [1.54, 1.807) is 4.90 Å². The fourth-order valence-corrected chi connectivity index (χ4v) is 2.19. The number of rotatable bonds is 3. The van der Waals surface area contributed by atoms with Crippen molar-refractivity contribution in [3.63, 3.8) is 0 Å². The average Bonchev–Trinajstić information content (AvgIpc) is 2.27. The molecule has 1 aliphatic heterocycles. The highest BCUT2D eigenvalue weighted by Gasteiger charge is 2.34. The summed E-state index contributed by atoms with van der Waals surface area (Å²) in [5.74, 6) is 1.20. The molecule has 116 valence electrons. The quantitative estimate of drug-likeness (QED) is 0.870. The topological polar surface area (TPSA) is 64.8 Å². The molecule has 0 saturated carbocycles. The number of amides is 1. The Hall–Kier alpha value is -1.91. The van der Waals surface area contributed by atoms with Crippen molar-refractivity contribution >= 4 is 11.8 Å². The van der Waals surface area contributed by atoms with E-state index in [4.69, 9.17) is 15.2 Å². The number of carbonyl (C=O) groups is 1. The lowest BCUT2D eigenvalue weighted by molar-refractivity contribution is -0.00785. The van der Waals surface area contributed by atoms with E-state index in [0.29, 0.717) is 25.6 Å². The van der Waals surface area contributed by atoms with Crippen molar-refractivity contribution in [3.8, 4) is 5.75 Å². The largest absolute Gasteiger partial charge is 0.493 e. The van der Waals surface area contributed by atoms with E-state index in [0.717, 1.165) is 17.0 Å². The molecule has 5 heteroatoms. The fourth-order valence-electron chi connectivity index (χ4n) is 2.19. The van der Waals surface area contributed by atoms with Gasteiger partial charge in [-0.3, -0.25) is 0 Å². The van der Waals surface area contributed by atoms with E-state index >= 15 is 0 Å². The number of hydrogen-bond acceptors (Lipinski definition) is 4. The number of hydrogen-bond donors (Lipinski definition) is 1. The highest BCUT2D eigenvalue weighted by Crippen LogP contribution is 2.24. The van der Waals surface area contributed by atoms with Crippen LogP contribution >= 0.6 is 0 Å². The predicted octanol–water partition coefficient (Wildman–Crippen LogP) is 2.82. The Labute approximate surface area is 126 Å². The van der Waals surface area contributed by atoms with Gasteiger partial charge in [0, 0.05) is 24.7 Å². The van der Waals surface area contributed by atoms with E-state index < -0.39 is 5.60 Å². The molecule has 1 fully saturated rings. The monoisotopic (exact) mass is 292 g/mol. The lowest BCUT2D eigenvalue weighted by atomic mass is 10.0. The van der Waals surface area contributed by atoms with Crippen LogP contribution in [0.3, 0.4) is 0 Å². The van der Waals surface area contributed by atoms with Crippen molar-refractivity contribution in [1.82, 2.24) is 4.90 Å².